The number of nitrogen functional groups attached to an aromatic ring is 1. The number of anilines is 1. The molecule has 2 aliphatic rings. The van der Waals surface area contributed by atoms with Gasteiger partial charge in [0.15, 0.2) is 0 Å². The van der Waals surface area contributed by atoms with Crippen molar-refractivity contribution in [2.45, 2.75) is 38.5 Å². The van der Waals surface area contributed by atoms with Crippen LogP contribution >= 0.6 is 0 Å². The molecule has 104 valence electrons. The molecule has 1 heterocycles. The van der Waals surface area contributed by atoms with Crippen LogP contribution in [-0.4, -0.2) is 24.5 Å². The van der Waals surface area contributed by atoms with Gasteiger partial charge in [0.25, 0.3) is 0 Å². The molecule has 1 aromatic carbocycles. The molecule has 2 heteroatoms. The Bertz CT molecular complexity index is 431. The van der Waals surface area contributed by atoms with Gasteiger partial charge < -0.3 is 10.6 Å². The summed E-state index contributed by atoms with van der Waals surface area (Å²) in [7, 11) is 0. The minimum atomic E-state index is 0.444. The fourth-order valence-corrected chi connectivity index (χ4v) is 3.50. The maximum Gasteiger partial charge on any atom is 0.0314 e. The van der Waals surface area contributed by atoms with Gasteiger partial charge in [0.2, 0.25) is 0 Å². The van der Waals surface area contributed by atoms with Gasteiger partial charge in [0.05, 0.1) is 0 Å². The molecule has 0 bridgehead atoms. The van der Waals surface area contributed by atoms with Crippen molar-refractivity contribution in [3.05, 3.63) is 29.8 Å². The first kappa shape index (κ1) is 13.0. The van der Waals surface area contributed by atoms with Crippen LogP contribution in [0.3, 0.4) is 0 Å². The summed E-state index contributed by atoms with van der Waals surface area (Å²) in [5, 5.41) is 0. The molecule has 0 aromatic heterocycles. The largest absolute Gasteiger partial charge is 0.399 e. The van der Waals surface area contributed by atoms with Gasteiger partial charge in [-0.05, 0) is 55.3 Å². The van der Waals surface area contributed by atoms with Gasteiger partial charge in [-0.15, -0.1) is 0 Å². The number of likely N-dealkylation sites (tertiary alicyclic amines) is 1. The molecule has 1 saturated heterocycles. The van der Waals surface area contributed by atoms with Gasteiger partial charge in [0.1, 0.15) is 0 Å². The molecular weight excluding hydrogens is 232 g/mol. The molecule has 2 nitrogen and oxygen atoms in total. The lowest BCUT2D eigenvalue weighted by Gasteiger charge is -2.24. The fraction of sp³-hybridized carbons (Fsp3) is 0.647. The van der Waals surface area contributed by atoms with E-state index < -0.39 is 0 Å². The number of hydrogen-bond acceptors (Lipinski definition) is 2. The van der Waals surface area contributed by atoms with E-state index in [1.807, 2.05) is 0 Å². The second-order valence-corrected chi connectivity index (χ2v) is 6.93. The highest BCUT2D eigenvalue weighted by Gasteiger charge is 2.46. The minimum Gasteiger partial charge on any atom is -0.399 e. The van der Waals surface area contributed by atoms with Gasteiger partial charge in [-0.1, -0.05) is 26.0 Å². The van der Waals surface area contributed by atoms with Gasteiger partial charge >= 0.3 is 0 Å². The number of rotatable bonds is 4. The zero-order valence-corrected chi connectivity index (χ0v) is 12.2. The first-order chi connectivity index (χ1) is 9.09. The van der Waals surface area contributed by atoms with Crippen LogP contribution in [0.15, 0.2) is 24.3 Å². The maximum absolute atomic E-state index is 5.80. The summed E-state index contributed by atoms with van der Waals surface area (Å²) in [6, 6.07) is 8.57. The van der Waals surface area contributed by atoms with Crippen LogP contribution in [-0.2, 0) is 5.41 Å². The molecule has 3 rings (SSSR count). The van der Waals surface area contributed by atoms with E-state index in [1.165, 1.54) is 44.5 Å². The van der Waals surface area contributed by atoms with E-state index in [4.69, 9.17) is 5.73 Å². The summed E-state index contributed by atoms with van der Waals surface area (Å²) in [5.41, 5.74) is 8.61. The third kappa shape index (κ3) is 2.64. The summed E-state index contributed by atoms with van der Waals surface area (Å²) in [4.78, 5) is 2.69. The van der Waals surface area contributed by atoms with Crippen LogP contribution in [0.4, 0.5) is 5.69 Å². The molecule has 19 heavy (non-hydrogen) atoms. The molecule has 1 saturated carbocycles. The highest BCUT2D eigenvalue weighted by Crippen LogP contribution is 2.49. The highest BCUT2D eigenvalue weighted by atomic mass is 15.2. The molecule has 0 radical (unpaired) electrons. The first-order valence-electron chi connectivity index (χ1n) is 7.67. The van der Waals surface area contributed by atoms with E-state index in [0.29, 0.717) is 5.41 Å². The smallest absolute Gasteiger partial charge is 0.0314 e. The average molecular weight is 258 g/mol. The molecule has 1 unspecified atom stereocenters. The zero-order valence-electron chi connectivity index (χ0n) is 12.2. The lowest BCUT2D eigenvalue weighted by atomic mass is 9.94. The molecule has 1 aromatic rings. The van der Waals surface area contributed by atoms with Crippen molar-refractivity contribution in [1.29, 1.82) is 0 Å². The molecule has 0 spiro atoms. The van der Waals surface area contributed by atoms with Crippen molar-refractivity contribution < 1.29 is 0 Å². The third-order valence-electron chi connectivity index (χ3n) is 5.15. The first-order valence-corrected chi connectivity index (χ1v) is 7.67. The van der Waals surface area contributed by atoms with Crippen LogP contribution < -0.4 is 5.73 Å². The minimum absolute atomic E-state index is 0.444. The summed E-state index contributed by atoms with van der Waals surface area (Å²) >= 11 is 0. The summed E-state index contributed by atoms with van der Waals surface area (Å²) < 4.78 is 0. The van der Waals surface area contributed by atoms with Gasteiger partial charge in [-0.3, -0.25) is 0 Å². The Labute approximate surface area is 117 Å². The summed E-state index contributed by atoms with van der Waals surface area (Å²) in [5.74, 6) is 1.74. The van der Waals surface area contributed by atoms with Gasteiger partial charge in [0, 0.05) is 24.2 Å². The number of benzene rings is 1. The predicted molar refractivity (Wildman–Crippen MR) is 81.2 cm³/mol. The van der Waals surface area contributed by atoms with E-state index in [-0.39, 0.29) is 0 Å². The van der Waals surface area contributed by atoms with Crippen molar-refractivity contribution >= 4 is 5.69 Å². The lowest BCUT2D eigenvalue weighted by Crippen LogP contribution is -2.31. The lowest BCUT2D eigenvalue weighted by molar-refractivity contribution is 0.278. The van der Waals surface area contributed by atoms with Crippen molar-refractivity contribution in [2.24, 2.45) is 11.8 Å². The SMILES string of the molecule is CC(C)C1CCN(CC2(c3ccc(N)cc3)CC2)C1. The van der Waals surface area contributed by atoms with Crippen molar-refractivity contribution in [3.8, 4) is 0 Å². The third-order valence-corrected chi connectivity index (χ3v) is 5.15. The monoisotopic (exact) mass is 258 g/mol. The van der Waals surface area contributed by atoms with E-state index in [0.717, 1.165) is 17.5 Å². The number of hydrogen-bond donors (Lipinski definition) is 1. The van der Waals surface area contributed by atoms with Crippen LogP contribution in [0.1, 0.15) is 38.7 Å². The topological polar surface area (TPSA) is 29.3 Å². The molecule has 2 N–H and O–H groups in total. The van der Waals surface area contributed by atoms with Crippen LogP contribution in [0, 0.1) is 11.8 Å². The molecule has 1 aliphatic heterocycles. The van der Waals surface area contributed by atoms with E-state index in [9.17, 15) is 0 Å². The highest BCUT2D eigenvalue weighted by molar-refractivity contribution is 5.43. The molecular formula is C17H26N2. The number of nitrogens with zero attached hydrogens (tertiary/aromatic N) is 1. The second-order valence-electron chi connectivity index (χ2n) is 6.93. The normalized spacial score (nSPS) is 25.9. The Hall–Kier alpha value is -1.02. The molecule has 0 amide bonds. The molecule has 1 atom stereocenters. The van der Waals surface area contributed by atoms with Crippen molar-refractivity contribution in [3.63, 3.8) is 0 Å². The Morgan fingerprint density at radius 1 is 1.26 bits per heavy atom. The second kappa shape index (κ2) is 4.82. The van der Waals surface area contributed by atoms with E-state index >= 15 is 0 Å². The quantitative estimate of drug-likeness (QED) is 0.840. The van der Waals surface area contributed by atoms with E-state index in [2.05, 4.69) is 43.0 Å². The summed E-state index contributed by atoms with van der Waals surface area (Å²) in [6.45, 7) is 8.57. The Morgan fingerprint density at radius 2 is 1.95 bits per heavy atom. The predicted octanol–water partition coefficient (Wildman–Crippen LogP) is 3.28. The average Bonchev–Trinajstić information content (AvgIpc) is 3.00. The molecule has 2 fully saturated rings. The van der Waals surface area contributed by atoms with Crippen LogP contribution in [0.5, 0.6) is 0 Å². The Kier molecular flexibility index (Phi) is 3.30. The standard InChI is InChI=1S/C17H26N2/c1-13(2)14-7-10-19(11-14)12-17(8-9-17)15-3-5-16(18)6-4-15/h3-6,13-14H,7-12,18H2,1-2H3. The maximum atomic E-state index is 5.80. The fourth-order valence-electron chi connectivity index (χ4n) is 3.50. The van der Waals surface area contributed by atoms with Crippen LogP contribution in [0.2, 0.25) is 0 Å². The van der Waals surface area contributed by atoms with Crippen molar-refractivity contribution in [2.75, 3.05) is 25.4 Å². The van der Waals surface area contributed by atoms with Gasteiger partial charge in [-0.25, -0.2) is 0 Å². The number of nitrogens with two attached hydrogens (primary N) is 1. The van der Waals surface area contributed by atoms with Crippen LogP contribution in [0.25, 0.3) is 0 Å². The summed E-state index contributed by atoms with van der Waals surface area (Å²) in [6.07, 6.45) is 4.08. The molecule has 1 aliphatic carbocycles. The van der Waals surface area contributed by atoms with E-state index in [1.54, 1.807) is 0 Å². The van der Waals surface area contributed by atoms with Gasteiger partial charge in [-0.2, -0.15) is 0 Å². The Morgan fingerprint density at radius 3 is 2.47 bits per heavy atom. The Balaban J connectivity index is 1.65. The zero-order chi connectivity index (χ0) is 13.5. The van der Waals surface area contributed by atoms with Crippen molar-refractivity contribution in [1.82, 2.24) is 4.90 Å².